The van der Waals surface area contributed by atoms with Crippen molar-refractivity contribution in [3.8, 4) is 23.1 Å². The van der Waals surface area contributed by atoms with Gasteiger partial charge < -0.3 is 18.8 Å². The van der Waals surface area contributed by atoms with Gasteiger partial charge in [-0.2, -0.15) is 5.26 Å². The number of nitrogens with zero attached hydrogens (tertiary/aromatic N) is 6. The number of hydrogen-bond donors (Lipinski definition) is 0. The molecule has 0 fully saturated rings. The topological polar surface area (TPSA) is 89.0 Å². The van der Waals surface area contributed by atoms with Crippen LogP contribution in [0.1, 0.15) is 28.2 Å². The smallest absolute Gasteiger partial charge is 0.233 e. The molecular formula is C31H24BFN6O2. The fraction of sp³-hybridized carbons (Fsp3) is 0.161. The highest BCUT2D eigenvalue weighted by molar-refractivity contribution is 6.35. The van der Waals surface area contributed by atoms with Crippen LogP contribution in [0.4, 0.5) is 10.1 Å². The van der Waals surface area contributed by atoms with E-state index in [9.17, 15) is 10.1 Å². The Hall–Kier alpha value is -5.17. The van der Waals surface area contributed by atoms with E-state index in [2.05, 4.69) is 11.1 Å². The lowest BCUT2D eigenvalue weighted by molar-refractivity contribution is -0.118. The van der Waals surface area contributed by atoms with Crippen molar-refractivity contribution in [2.75, 3.05) is 12.0 Å². The maximum atomic E-state index is 15.1. The first-order valence-electron chi connectivity index (χ1n) is 13.0. The van der Waals surface area contributed by atoms with Crippen molar-refractivity contribution in [2.24, 2.45) is 0 Å². The Morgan fingerprint density at radius 1 is 1.15 bits per heavy atom. The largest absolute Gasteiger partial charge is 0.495 e. The number of halogens is 1. The Balaban J connectivity index is 1.31. The third-order valence-electron chi connectivity index (χ3n) is 7.28. The molecule has 41 heavy (non-hydrogen) atoms. The second-order valence-electron chi connectivity index (χ2n) is 9.81. The number of carbonyl (C=O) groups excluding carboxylic acids is 1. The highest BCUT2D eigenvalue weighted by Gasteiger charge is 2.28. The lowest BCUT2D eigenvalue weighted by atomic mass is 9.89. The van der Waals surface area contributed by atoms with Gasteiger partial charge in [0.1, 0.15) is 31.3 Å². The molecule has 200 valence electrons. The van der Waals surface area contributed by atoms with Gasteiger partial charge in [0.2, 0.25) is 5.91 Å². The zero-order valence-electron chi connectivity index (χ0n) is 22.3. The van der Waals surface area contributed by atoms with Gasteiger partial charge >= 0.3 is 0 Å². The summed E-state index contributed by atoms with van der Waals surface area (Å²) >= 11 is 0. The van der Waals surface area contributed by atoms with Crippen LogP contribution in [-0.4, -0.2) is 40.0 Å². The fourth-order valence-electron chi connectivity index (χ4n) is 5.16. The molecule has 0 saturated heterocycles. The molecule has 3 aromatic carbocycles. The monoisotopic (exact) mass is 542 g/mol. The second-order valence-corrected chi connectivity index (χ2v) is 9.81. The molecule has 6 rings (SSSR count). The van der Waals surface area contributed by atoms with Crippen LogP contribution in [0.25, 0.3) is 11.3 Å². The average molecular weight is 542 g/mol. The van der Waals surface area contributed by atoms with Gasteiger partial charge in [0.05, 0.1) is 49.9 Å². The van der Waals surface area contributed by atoms with Crippen LogP contribution in [0.3, 0.4) is 0 Å². The van der Waals surface area contributed by atoms with E-state index in [1.807, 2.05) is 45.7 Å². The maximum absolute atomic E-state index is 15.1. The molecule has 0 spiro atoms. The van der Waals surface area contributed by atoms with E-state index in [4.69, 9.17) is 17.6 Å². The minimum absolute atomic E-state index is 0.0442. The van der Waals surface area contributed by atoms with E-state index in [-0.39, 0.29) is 31.2 Å². The zero-order valence-corrected chi connectivity index (χ0v) is 22.3. The van der Waals surface area contributed by atoms with Gasteiger partial charge in [-0.3, -0.25) is 4.79 Å². The summed E-state index contributed by atoms with van der Waals surface area (Å²) in [6.45, 7) is 0.838. The van der Waals surface area contributed by atoms with Crippen molar-refractivity contribution in [1.29, 1.82) is 5.26 Å². The number of ether oxygens (including phenoxy) is 1. The molecule has 0 saturated carbocycles. The van der Waals surface area contributed by atoms with Crippen LogP contribution in [0.15, 0.2) is 79.4 Å². The van der Waals surface area contributed by atoms with E-state index >= 15 is 4.39 Å². The molecule has 2 aromatic heterocycles. The van der Waals surface area contributed by atoms with E-state index in [1.54, 1.807) is 41.7 Å². The summed E-state index contributed by atoms with van der Waals surface area (Å²) in [4.78, 5) is 24.5. The van der Waals surface area contributed by atoms with E-state index in [1.165, 1.54) is 13.2 Å². The normalized spacial score (nSPS) is 12.3. The summed E-state index contributed by atoms with van der Waals surface area (Å²) < 4.78 is 24.2. The number of nitriles is 1. The van der Waals surface area contributed by atoms with Gasteiger partial charge in [0, 0.05) is 30.2 Å². The van der Waals surface area contributed by atoms with E-state index in [0.29, 0.717) is 51.8 Å². The molecule has 3 heterocycles. The van der Waals surface area contributed by atoms with Crippen LogP contribution < -0.4 is 15.1 Å². The van der Waals surface area contributed by atoms with Gasteiger partial charge in [0.25, 0.3) is 0 Å². The highest BCUT2D eigenvalue weighted by atomic mass is 19.1. The van der Waals surface area contributed by atoms with Crippen LogP contribution in [0, 0.1) is 17.1 Å². The summed E-state index contributed by atoms with van der Waals surface area (Å²) in [6.07, 6.45) is 5.21. The van der Waals surface area contributed by atoms with Gasteiger partial charge in [-0.1, -0.05) is 41.9 Å². The number of hydrogen-bond acceptors (Lipinski definition) is 5. The lowest BCUT2D eigenvalue weighted by Crippen LogP contribution is -2.33. The zero-order chi connectivity index (χ0) is 28.5. The molecule has 0 unspecified atom stereocenters. The Morgan fingerprint density at radius 3 is 2.80 bits per heavy atom. The first-order valence-corrected chi connectivity index (χ1v) is 13.0. The number of amides is 1. The van der Waals surface area contributed by atoms with Crippen molar-refractivity contribution in [1.82, 2.24) is 19.1 Å². The molecule has 1 amide bonds. The first-order chi connectivity index (χ1) is 19.9. The highest BCUT2D eigenvalue weighted by Crippen LogP contribution is 2.31. The molecule has 10 heteroatoms. The standard InChI is InChI=1S/C31H24BFN6O2/c1-41-29-11-20(9-10-21(29)13-34)15-38-19-35-14-22(38)12-31(40)39-18-30-36-27(23-5-2-3-6-25(23)32)17-37(30)16-24-26(33)7-4-8-28(24)39/h2-11,14,17,19H,12,15-16,18H2,1H3. The van der Waals surface area contributed by atoms with Crippen molar-refractivity contribution < 1.29 is 13.9 Å². The molecule has 0 atom stereocenters. The summed E-state index contributed by atoms with van der Waals surface area (Å²) in [7, 11) is 7.71. The number of fused-ring (bicyclic) bond motifs is 2. The minimum atomic E-state index is -0.387. The molecule has 5 aromatic rings. The SMILES string of the molecule is [B]c1ccccc1-c1cn2c(n1)CN(C(=O)Cc1cncn1Cc1ccc(C#N)c(OC)c1)c1cccc(F)c1C2. The number of imidazole rings is 2. The molecule has 8 nitrogen and oxygen atoms in total. The summed E-state index contributed by atoms with van der Waals surface area (Å²) in [6, 6.07) is 19.7. The molecule has 0 N–H and O–H groups in total. The lowest BCUT2D eigenvalue weighted by Gasteiger charge is -2.23. The molecule has 1 aliphatic heterocycles. The van der Waals surface area contributed by atoms with Crippen molar-refractivity contribution >= 4 is 24.9 Å². The van der Waals surface area contributed by atoms with Gasteiger partial charge in [-0.15, -0.1) is 0 Å². The number of aromatic nitrogens is 4. The summed E-state index contributed by atoms with van der Waals surface area (Å²) in [5.74, 6) is 0.513. The van der Waals surface area contributed by atoms with Gasteiger partial charge in [0.15, 0.2) is 0 Å². The van der Waals surface area contributed by atoms with E-state index < -0.39 is 0 Å². The van der Waals surface area contributed by atoms with Crippen LogP contribution in [0.5, 0.6) is 5.75 Å². The van der Waals surface area contributed by atoms with Crippen LogP contribution in [-0.2, 0) is 30.8 Å². The van der Waals surface area contributed by atoms with Crippen molar-refractivity contribution in [3.63, 3.8) is 0 Å². The summed E-state index contributed by atoms with van der Waals surface area (Å²) in [5, 5.41) is 9.28. The molecule has 0 aliphatic carbocycles. The Labute approximate surface area is 237 Å². The second kappa shape index (κ2) is 10.8. The first kappa shape index (κ1) is 26.1. The summed E-state index contributed by atoms with van der Waals surface area (Å²) in [5.41, 5.74) is 5.01. The number of methoxy groups -OCH3 is 1. The molecule has 0 bridgehead atoms. The third-order valence-corrected chi connectivity index (χ3v) is 7.28. The molecule has 2 radical (unpaired) electrons. The van der Waals surface area contributed by atoms with Gasteiger partial charge in [-0.05, 0) is 35.4 Å². The predicted molar refractivity (Wildman–Crippen MR) is 152 cm³/mol. The Bertz CT molecular complexity index is 1820. The van der Waals surface area contributed by atoms with Crippen LogP contribution >= 0.6 is 0 Å². The molecular weight excluding hydrogens is 518 g/mol. The Morgan fingerprint density at radius 2 is 2.00 bits per heavy atom. The number of benzene rings is 3. The maximum Gasteiger partial charge on any atom is 0.233 e. The number of anilines is 1. The quantitative estimate of drug-likeness (QED) is 0.305. The van der Waals surface area contributed by atoms with Crippen LogP contribution in [0.2, 0.25) is 0 Å². The van der Waals surface area contributed by atoms with Crippen molar-refractivity contribution in [2.45, 2.75) is 26.1 Å². The predicted octanol–water partition coefficient (Wildman–Crippen LogP) is 3.75. The third kappa shape index (κ3) is 4.98. The van der Waals surface area contributed by atoms with E-state index in [0.717, 1.165) is 11.1 Å². The fourth-order valence-corrected chi connectivity index (χ4v) is 5.16. The van der Waals surface area contributed by atoms with Gasteiger partial charge in [-0.25, -0.2) is 14.4 Å². The number of rotatable bonds is 6. The Kier molecular flexibility index (Phi) is 6.85. The average Bonchev–Trinajstić information content (AvgIpc) is 3.55. The minimum Gasteiger partial charge on any atom is -0.495 e. The van der Waals surface area contributed by atoms with Crippen molar-refractivity contribution in [3.05, 3.63) is 113 Å². The number of carbonyl (C=O) groups is 1. The molecule has 1 aliphatic rings.